The van der Waals surface area contributed by atoms with Gasteiger partial charge in [0, 0.05) is 22.5 Å². The summed E-state index contributed by atoms with van der Waals surface area (Å²) in [6, 6.07) is 17.4. The molecule has 0 aliphatic heterocycles. The SMILES string of the molecule is CCCCCCCOc1ccc(C(=O)NC(=S)Nc2cccc(C(=O)Nc3ccc(F)c(Cl)c3)c2)cc1. The number of thiocarbonyl (C=S) groups is 1. The highest BCUT2D eigenvalue weighted by atomic mass is 35.5. The van der Waals surface area contributed by atoms with Crippen LogP contribution in [0.25, 0.3) is 0 Å². The first-order valence-electron chi connectivity index (χ1n) is 12.1. The zero-order chi connectivity index (χ0) is 26.6. The van der Waals surface area contributed by atoms with Gasteiger partial charge in [-0.3, -0.25) is 14.9 Å². The molecular weight excluding hydrogens is 513 g/mol. The number of anilines is 2. The van der Waals surface area contributed by atoms with Crippen LogP contribution < -0.4 is 20.7 Å². The fourth-order valence-electron chi connectivity index (χ4n) is 3.45. The van der Waals surface area contributed by atoms with Crippen LogP contribution in [0.5, 0.6) is 5.75 Å². The number of nitrogens with one attached hydrogen (secondary N) is 3. The lowest BCUT2D eigenvalue weighted by atomic mass is 10.1. The Hall–Kier alpha value is -3.49. The van der Waals surface area contributed by atoms with Gasteiger partial charge in [0.05, 0.1) is 11.6 Å². The van der Waals surface area contributed by atoms with Crippen LogP contribution in [0.4, 0.5) is 15.8 Å². The van der Waals surface area contributed by atoms with Crippen molar-refractivity contribution >= 4 is 52.1 Å². The third-order valence-electron chi connectivity index (χ3n) is 5.42. The van der Waals surface area contributed by atoms with E-state index in [-0.39, 0.29) is 16.0 Å². The van der Waals surface area contributed by atoms with Gasteiger partial charge in [-0.15, -0.1) is 0 Å². The van der Waals surface area contributed by atoms with Gasteiger partial charge in [0.2, 0.25) is 0 Å². The number of hydrogen-bond acceptors (Lipinski definition) is 4. The van der Waals surface area contributed by atoms with Crippen molar-refractivity contribution in [2.75, 3.05) is 17.2 Å². The zero-order valence-electron chi connectivity index (χ0n) is 20.5. The van der Waals surface area contributed by atoms with Gasteiger partial charge in [0.15, 0.2) is 5.11 Å². The maximum atomic E-state index is 13.3. The number of amides is 2. The Balaban J connectivity index is 1.49. The number of carbonyl (C=O) groups excluding carboxylic acids is 2. The molecule has 0 radical (unpaired) electrons. The van der Waals surface area contributed by atoms with Crippen LogP contribution in [0, 0.1) is 5.82 Å². The lowest BCUT2D eigenvalue weighted by Gasteiger charge is -2.12. The summed E-state index contributed by atoms with van der Waals surface area (Å²) in [6.07, 6.45) is 5.83. The highest BCUT2D eigenvalue weighted by molar-refractivity contribution is 7.80. The predicted octanol–water partition coefficient (Wildman–Crippen LogP) is 7.21. The predicted molar refractivity (Wildman–Crippen MR) is 150 cm³/mol. The minimum Gasteiger partial charge on any atom is -0.494 e. The number of unbranched alkanes of at least 4 members (excludes halogenated alkanes) is 4. The van der Waals surface area contributed by atoms with Crippen molar-refractivity contribution in [2.45, 2.75) is 39.0 Å². The van der Waals surface area contributed by atoms with E-state index in [4.69, 9.17) is 28.6 Å². The summed E-state index contributed by atoms with van der Waals surface area (Å²) in [5, 5.41) is 8.18. The number of halogens is 2. The molecule has 37 heavy (non-hydrogen) atoms. The summed E-state index contributed by atoms with van der Waals surface area (Å²) in [6.45, 7) is 2.84. The standard InChI is InChI=1S/C28H29ClFN3O3S/c1-2-3-4-5-6-16-36-23-13-10-19(11-14-23)26(34)33-28(37)32-21-9-7-8-20(17-21)27(35)31-22-12-15-25(30)24(29)18-22/h7-15,17-18H,2-6,16H2,1H3,(H,31,35)(H2,32,33,34,37). The van der Waals surface area contributed by atoms with Crippen molar-refractivity contribution in [2.24, 2.45) is 0 Å². The van der Waals surface area contributed by atoms with Crippen molar-refractivity contribution in [3.8, 4) is 5.75 Å². The highest BCUT2D eigenvalue weighted by Gasteiger charge is 2.11. The summed E-state index contributed by atoms with van der Waals surface area (Å²) >= 11 is 11.0. The van der Waals surface area contributed by atoms with E-state index in [0.717, 1.165) is 12.8 Å². The first-order chi connectivity index (χ1) is 17.9. The molecule has 3 rings (SSSR count). The molecule has 194 valence electrons. The molecule has 3 aromatic carbocycles. The fraction of sp³-hybridized carbons (Fsp3) is 0.250. The molecule has 0 aliphatic rings. The van der Waals surface area contributed by atoms with E-state index in [9.17, 15) is 14.0 Å². The topological polar surface area (TPSA) is 79.5 Å². The molecule has 0 aromatic heterocycles. The van der Waals surface area contributed by atoms with E-state index in [0.29, 0.717) is 34.9 Å². The smallest absolute Gasteiger partial charge is 0.257 e. The van der Waals surface area contributed by atoms with Crippen LogP contribution in [0.1, 0.15) is 59.7 Å². The Kier molecular flexibility index (Phi) is 10.9. The lowest BCUT2D eigenvalue weighted by Crippen LogP contribution is -2.34. The van der Waals surface area contributed by atoms with Crippen LogP contribution >= 0.6 is 23.8 Å². The third kappa shape index (κ3) is 9.15. The molecule has 0 heterocycles. The van der Waals surface area contributed by atoms with Gasteiger partial charge in [0.25, 0.3) is 11.8 Å². The lowest BCUT2D eigenvalue weighted by molar-refractivity contribution is 0.0976. The molecule has 0 fully saturated rings. The summed E-state index contributed by atoms with van der Waals surface area (Å²) in [5.41, 5.74) is 1.64. The number of rotatable bonds is 11. The van der Waals surface area contributed by atoms with Crippen LogP contribution in [0.2, 0.25) is 5.02 Å². The van der Waals surface area contributed by atoms with Crippen molar-refractivity contribution in [3.05, 3.63) is 88.7 Å². The molecule has 6 nitrogen and oxygen atoms in total. The average molecular weight is 542 g/mol. The van der Waals surface area contributed by atoms with E-state index in [1.54, 1.807) is 48.5 Å². The van der Waals surface area contributed by atoms with Crippen molar-refractivity contribution in [1.29, 1.82) is 0 Å². The Morgan fingerprint density at radius 1 is 0.865 bits per heavy atom. The van der Waals surface area contributed by atoms with Gasteiger partial charge in [-0.1, -0.05) is 50.3 Å². The molecule has 0 spiro atoms. The number of ether oxygens (including phenoxy) is 1. The van der Waals surface area contributed by atoms with Gasteiger partial charge in [0.1, 0.15) is 11.6 Å². The largest absolute Gasteiger partial charge is 0.494 e. The Bertz CT molecular complexity index is 1240. The molecule has 0 saturated heterocycles. The molecule has 0 unspecified atom stereocenters. The van der Waals surface area contributed by atoms with Gasteiger partial charge in [-0.2, -0.15) is 0 Å². The number of carbonyl (C=O) groups is 2. The van der Waals surface area contributed by atoms with E-state index < -0.39 is 11.7 Å². The minimum atomic E-state index is -0.570. The molecule has 0 bridgehead atoms. The van der Waals surface area contributed by atoms with Gasteiger partial charge < -0.3 is 15.4 Å². The molecule has 0 saturated carbocycles. The molecule has 0 aliphatic carbocycles. The molecule has 2 amide bonds. The Morgan fingerprint density at radius 2 is 1.59 bits per heavy atom. The van der Waals surface area contributed by atoms with E-state index in [1.165, 1.54) is 37.5 Å². The summed E-state index contributed by atoms with van der Waals surface area (Å²) in [5.74, 6) is -0.639. The Labute approximate surface area is 226 Å². The maximum Gasteiger partial charge on any atom is 0.257 e. The summed E-state index contributed by atoms with van der Waals surface area (Å²) in [7, 11) is 0. The quantitative estimate of drug-likeness (QED) is 0.176. The van der Waals surface area contributed by atoms with E-state index in [2.05, 4.69) is 22.9 Å². The second-order valence-corrected chi connectivity index (χ2v) is 9.17. The third-order valence-corrected chi connectivity index (χ3v) is 5.91. The van der Waals surface area contributed by atoms with Gasteiger partial charge in [-0.25, -0.2) is 4.39 Å². The van der Waals surface area contributed by atoms with Crippen LogP contribution in [-0.2, 0) is 0 Å². The monoisotopic (exact) mass is 541 g/mol. The zero-order valence-corrected chi connectivity index (χ0v) is 22.1. The van der Waals surface area contributed by atoms with E-state index in [1.807, 2.05) is 0 Å². The highest BCUT2D eigenvalue weighted by Crippen LogP contribution is 2.20. The molecule has 3 N–H and O–H groups in total. The van der Waals surface area contributed by atoms with E-state index >= 15 is 0 Å². The van der Waals surface area contributed by atoms with Crippen molar-refractivity contribution < 1.29 is 18.7 Å². The maximum absolute atomic E-state index is 13.3. The number of hydrogen-bond donors (Lipinski definition) is 3. The molecular formula is C28H29ClFN3O3S. The fourth-order valence-corrected chi connectivity index (χ4v) is 3.84. The second kappa shape index (κ2) is 14.3. The first-order valence-corrected chi connectivity index (χ1v) is 12.9. The molecule has 0 atom stereocenters. The van der Waals surface area contributed by atoms with Gasteiger partial charge >= 0.3 is 0 Å². The average Bonchev–Trinajstić information content (AvgIpc) is 2.88. The molecule has 9 heteroatoms. The summed E-state index contributed by atoms with van der Waals surface area (Å²) < 4.78 is 19.1. The minimum absolute atomic E-state index is 0.0836. The van der Waals surface area contributed by atoms with Crippen LogP contribution in [-0.4, -0.2) is 23.5 Å². The van der Waals surface area contributed by atoms with Crippen molar-refractivity contribution in [1.82, 2.24) is 5.32 Å². The van der Waals surface area contributed by atoms with Crippen LogP contribution in [0.3, 0.4) is 0 Å². The van der Waals surface area contributed by atoms with Gasteiger partial charge in [-0.05, 0) is 79.3 Å². The number of benzene rings is 3. The summed E-state index contributed by atoms with van der Waals surface area (Å²) in [4.78, 5) is 25.1. The van der Waals surface area contributed by atoms with Crippen molar-refractivity contribution in [3.63, 3.8) is 0 Å². The Morgan fingerprint density at radius 3 is 2.32 bits per heavy atom. The van der Waals surface area contributed by atoms with Crippen LogP contribution in [0.15, 0.2) is 66.7 Å². The second-order valence-electron chi connectivity index (χ2n) is 8.36. The normalized spacial score (nSPS) is 10.5. The first kappa shape index (κ1) is 28.1. The molecule has 3 aromatic rings.